The van der Waals surface area contributed by atoms with Crippen molar-refractivity contribution in [2.75, 3.05) is 24.1 Å². The summed E-state index contributed by atoms with van der Waals surface area (Å²) < 4.78 is 58.7. The minimum atomic E-state index is -4.29. The SMILES string of the molecule is O=C1CN(c2c(O)c(I)c3ccc(OCCF)cc3c2F)S(=O)(=O)N1. The van der Waals surface area contributed by atoms with Crippen LogP contribution in [-0.4, -0.2) is 39.3 Å². The number of rotatable bonds is 4. The van der Waals surface area contributed by atoms with Crippen LogP contribution in [0.15, 0.2) is 18.2 Å². The Balaban J connectivity index is 2.24. The van der Waals surface area contributed by atoms with E-state index in [2.05, 4.69) is 0 Å². The first-order valence-corrected chi connectivity index (χ1v) is 9.44. The van der Waals surface area contributed by atoms with E-state index in [1.54, 1.807) is 27.3 Å². The van der Waals surface area contributed by atoms with Gasteiger partial charge in [0.05, 0.1) is 3.57 Å². The van der Waals surface area contributed by atoms with Crippen LogP contribution in [-0.2, 0) is 15.0 Å². The number of anilines is 1. The van der Waals surface area contributed by atoms with Crippen LogP contribution in [0.1, 0.15) is 0 Å². The topological polar surface area (TPSA) is 95.9 Å². The number of halogens is 3. The van der Waals surface area contributed by atoms with Crippen molar-refractivity contribution in [3.8, 4) is 11.5 Å². The summed E-state index contributed by atoms with van der Waals surface area (Å²) in [6.45, 7) is -1.58. The first-order chi connectivity index (χ1) is 11.8. The minimum Gasteiger partial charge on any atom is -0.505 e. The molecule has 0 atom stereocenters. The molecule has 1 amide bonds. The normalized spacial score (nSPS) is 16.3. The van der Waals surface area contributed by atoms with E-state index < -0.39 is 46.6 Å². The lowest BCUT2D eigenvalue weighted by molar-refractivity contribution is -0.117. The average Bonchev–Trinajstić information content (AvgIpc) is 2.83. The van der Waals surface area contributed by atoms with Crippen molar-refractivity contribution in [3.05, 3.63) is 27.6 Å². The standard InChI is InChI=1S/C14H11F2IN2O5S/c15-3-4-24-7-1-2-8-9(5-7)11(16)13(14(21)12(8)17)19-6-10(20)18-25(19,22)23/h1-2,5,21H,3-4,6H2,(H,18,20). The number of benzene rings is 2. The Morgan fingerprint density at radius 1 is 1.36 bits per heavy atom. The Labute approximate surface area is 154 Å². The van der Waals surface area contributed by atoms with E-state index in [9.17, 15) is 27.1 Å². The number of carbonyl (C=O) groups is 1. The first kappa shape index (κ1) is 17.9. The highest BCUT2D eigenvalue weighted by Crippen LogP contribution is 2.43. The van der Waals surface area contributed by atoms with Crippen LogP contribution >= 0.6 is 22.6 Å². The summed E-state index contributed by atoms with van der Waals surface area (Å²) in [6.07, 6.45) is 0. The van der Waals surface area contributed by atoms with Crippen molar-refractivity contribution in [2.45, 2.75) is 0 Å². The maximum atomic E-state index is 15.0. The van der Waals surface area contributed by atoms with Gasteiger partial charge in [-0.15, -0.1) is 0 Å². The van der Waals surface area contributed by atoms with Crippen LogP contribution in [0.2, 0.25) is 0 Å². The van der Waals surface area contributed by atoms with Gasteiger partial charge < -0.3 is 9.84 Å². The van der Waals surface area contributed by atoms with Crippen molar-refractivity contribution in [1.29, 1.82) is 0 Å². The Hall–Kier alpha value is -1.89. The molecule has 2 aromatic carbocycles. The Kier molecular flexibility index (Phi) is 4.62. The Morgan fingerprint density at radius 3 is 2.68 bits per heavy atom. The lowest BCUT2D eigenvalue weighted by Gasteiger charge is -2.19. The second kappa shape index (κ2) is 6.44. The smallest absolute Gasteiger partial charge is 0.326 e. The minimum absolute atomic E-state index is 0.0249. The molecular weight excluding hydrogens is 473 g/mol. The number of nitrogens with one attached hydrogen (secondary N) is 1. The molecular formula is C14H11F2IN2O5S. The van der Waals surface area contributed by atoms with E-state index in [0.29, 0.717) is 9.69 Å². The molecule has 0 unspecified atom stereocenters. The van der Waals surface area contributed by atoms with Crippen LogP contribution in [0.25, 0.3) is 10.8 Å². The molecule has 1 aliphatic rings. The van der Waals surface area contributed by atoms with Gasteiger partial charge in [-0.3, -0.25) is 4.79 Å². The van der Waals surface area contributed by atoms with Crippen LogP contribution < -0.4 is 13.8 Å². The van der Waals surface area contributed by atoms with Crippen molar-refractivity contribution in [1.82, 2.24) is 4.72 Å². The van der Waals surface area contributed by atoms with E-state index >= 15 is 0 Å². The fraction of sp³-hybridized carbons (Fsp3) is 0.214. The first-order valence-electron chi connectivity index (χ1n) is 6.92. The molecule has 1 aliphatic heterocycles. The molecule has 0 aliphatic carbocycles. The van der Waals surface area contributed by atoms with Crippen LogP contribution in [0.3, 0.4) is 0 Å². The van der Waals surface area contributed by atoms with Crippen molar-refractivity contribution in [3.63, 3.8) is 0 Å². The summed E-state index contributed by atoms with van der Waals surface area (Å²) in [5.41, 5.74) is -0.627. The van der Waals surface area contributed by atoms with Gasteiger partial charge in [-0.1, -0.05) is 0 Å². The zero-order valence-corrected chi connectivity index (χ0v) is 15.4. The Morgan fingerprint density at radius 2 is 2.08 bits per heavy atom. The molecule has 0 spiro atoms. The molecule has 2 aromatic rings. The van der Waals surface area contributed by atoms with Gasteiger partial charge in [0.1, 0.15) is 31.3 Å². The number of phenolic OH excluding ortho intramolecular Hbond substituents is 1. The number of hydrogen-bond donors (Lipinski definition) is 2. The van der Waals surface area contributed by atoms with Gasteiger partial charge in [-0.25, -0.2) is 17.8 Å². The summed E-state index contributed by atoms with van der Waals surface area (Å²) in [5.74, 6) is -2.27. The van der Waals surface area contributed by atoms with E-state index in [4.69, 9.17) is 4.74 Å². The molecule has 1 fully saturated rings. The fourth-order valence-corrected chi connectivity index (χ4v) is 4.36. The molecule has 0 aromatic heterocycles. The van der Waals surface area contributed by atoms with Crippen LogP contribution in [0, 0.1) is 9.39 Å². The molecule has 0 saturated carbocycles. The lowest BCUT2D eigenvalue weighted by atomic mass is 10.1. The van der Waals surface area contributed by atoms with E-state index in [-0.39, 0.29) is 21.3 Å². The highest BCUT2D eigenvalue weighted by atomic mass is 127. The van der Waals surface area contributed by atoms with Gasteiger partial charge >= 0.3 is 10.2 Å². The summed E-state index contributed by atoms with van der Waals surface area (Å²) in [7, 11) is -4.29. The fourth-order valence-electron chi connectivity index (χ4n) is 2.48. The average molecular weight is 484 g/mol. The van der Waals surface area contributed by atoms with Gasteiger partial charge in [0.15, 0.2) is 11.6 Å². The van der Waals surface area contributed by atoms with Gasteiger partial charge in [-0.05, 0) is 40.8 Å². The van der Waals surface area contributed by atoms with Gasteiger partial charge in [0, 0.05) is 10.8 Å². The second-order valence-electron chi connectivity index (χ2n) is 5.11. The highest BCUT2D eigenvalue weighted by Gasteiger charge is 2.38. The number of ether oxygens (including phenoxy) is 1. The third kappa shape index (κ3) is 3.05. The van der Waals surface area contributed by atoms with Gasteiger partial charge in [-0.2, -0.15) is 8.42 Å². The summed E-state index contributed by atoms with van der Waals surface area (Å²) >= 11 is 1.74. The molecule has 134 valence electrons. The van der Waals surface area contributed by atoms with E-state index in [1.807, 2.05) is 0 Å². The van der Waals surface area contributed by atoms with E-state index in [0.717, 1.165) is 0 Å². The molecule has 25 heavy (non-hydrogen) atoms. The van der Waals surface area contributed by atoms with Crippen molar-refractivity contribution in [2.24, 2.45) is 0 Å². The van der Waals surface area contributed by atoms with Gasteiger partial charge in [0.25, 0.3) is 5.91 Å². The number of amides is 1. The lowest BCUT2D eigenvalue weighted by Crippen LogP contribution is -2.30. The second-order valence-corrected chi connectivity index (χ2v) is 7.78. The van der Waals surface area contributed by atoms with Crippen molar-refractivity contribution < 1.29 is 31.8 Å². The Bertz CT molecular complexity index is 983. The summed E-state index contributed by atoms with van der Waals surface area (Å²) in [6, 6.07) is 4.24. The number of fused-ring (bicyclic) bond motifs is 1. The zero-order chi connectivity index (χ0) is 18.4. The summed E-state index contributed by atoms with van der Waals surface area (Å²) in [4.78, 5) is 11.4. The number of hydrogen-bond acceptors (Lipinski definition) is 5. The molecule has 0 bridgehead atoms. The molecule has 11 heteroatoms. The van der Waals surface area contributed by atoms with Crippen LogP contribution in [0.4, 0.5) is 14.5 Å². The van der Waals surface area contributed by atoms with Gasteiger partial charge in [0.2, 0.25) is 0 Å². The largest absolute Gasteiger partial charge is 0.505 e. The quantitative estimate of drug-likeness (QED) is 0.646. The molecule has 7 nitrogen and oxygen atoms in total. The summed E-state index contributed by atoms with van der Waals surface area (Å²) in [5, 5.41) is 10.6. The zero-order valence-electron chi connectivity index (χ0n) is 12.4. The number of phenols is 1. The predicted octanol–water partition coefficient (Wildman–Crippen LogP) is 1.82. The van der Waals surface area contributed by atoms with E-state index in [1.165, 1.54) is 18.2 Å². The number of aromatic hydroxyl groups is 1. The molecule has 3 rings (SSSR count). The predicted molar refractivity (Wildman–Crippen MR) is 94.2 cm³/mol. The molecule has 1 heterocycles. The maximum Gasteiger partial charge on any atom is 0.326 e. The molecule has 2 N–H and O–H groups in total. The number of carbonyl (C=O) groups excluding carboxylic acids is 1. The van der Waals surface area contributed by atoms with Crippen molar-refractivity contribution >= 4 is 55.2 Å². The maximum absolute atomic E-state index is 15.0. The monoisotopic (exact) mass is 484 g/mol. The third-order valence-electron chi connectivity index (χ3n) is 3.52. The van der Waals surface area contributed by atoms with Crippen LogP contribution in [0.5, 0.6) is 11.5 Å². The number of nitrogens with zero attached hydrogens (tertiary/aromatic N) is 1. The third-order valence-corrected chi connectivity index (χ3v) is 5.99. The highest BCUT2D eigenvalue weighted by molar-refractivity contribution is 14.1. The number of alkyl halides is 1. The molecule has 0 radical (unpaired) electrons. The molecule has 1 saturated heterocycles.